The number of likely N-dealkylation sites (N-methyl/N-ethyl adjacent to an activating group) is 2. The molecule has 194 valence electrons. The number of aliphatic hydroxyl groups excluding tert-OH is 1. The van der Waals surface area contributed by atoms with Gasteiger partial charge in [-0.2, -0.15) is 0 Å². The van der Waals surface area contributed by atoms with E-state index in [4.69, 9.17) is 24.1 Å². The number of ketones is 2. The molecule has 11 heteroatoms. The van der Waals surface area contributed by atoms with Gasteiger partial charge in [-0.1, -0.05) is 0 Å². The Bertz CT molecular complexity index is 508. The van der Waals surface area contributed by atoms with Crippen molar-refractivity contribution < 1.29 is 38.4 Å². The molecule has 0 rings (SSSR count). The largest absolute Gasteiger partial charge is 0.389 e. The number of rotatable bonds is 25. The third kappa shape index (κ3) is 20.8. The molecule has 0 aliphatic heterocycles. The number of amides is 1. The third-order valence-corrected chi connectivity index (χ3v) is 4.62. The van der Waals surface area contributed by atoms with Crippen LogP contribution in [-0.2, 0) is 33.3 Å². The van der Waals surface area contributed by atoms with E-state index >= 15 is 0 Å². The molecule has 0 aromatic heterocycles. The van der Waals surface area contributed by atoms with Crippen molar-refractivity contribution in [3.05, 3.63) is 0 Å². The normalized spacial score (nSPS) is 12.0. The van der Waals surface area contributed by atoms with Gasteiger partial charge in [0.15, 0.2) is 11.6 Å². The second kappa shape index (κ2) is 23.7. The van der Waals surface area contributed by atoms with Crippen LogP contribution < -0.4 is 16.0 Å². The van der Waals surface area contributed by atoms with Gasteiger partial charge >= 0.3 is 0 Å². The summed E-state index contributed by atoms with van der Waals surface area (Å²) in [5.41, 5.74) is 0. The summed E-state index contributed by atoms with van der Waals surface area (Å²) in [6.07, 6.45) is 3.11. The molecule has 0 saturated carbocycles. The first-order valence-electron chi connectivity index (χ1n) is 11.6. The van der Waals surface area contributed by atoms with Crippen LogP contribution in [0.25, 0.3) is 0 Å². The molecule has 33 heavy (non-hydrogen) atoms. The fourth-order valence-electron chi connectivity index (χ4n) is 2.74. The molecule has 0 aromatic rings. The lowest BCUT2D eigenvalue weighted by atomic mass is 10.1. The van der Waals surface area contributed by atoms with Gasteiger partial charge in [0.2, 0.25) is 5.91 Å². The second-order valence-electron chi connectivity index (χ2n) is 7.39. The van der Waals surface area contributed by atoms with Gasteiger partial charge in [0.1, 0.15) is 19.8 Å². The molecule has 11 nitrogen and oxygen atoms in total. The van der Waals surface area contributed by atoms with Crippen LogP contribution in [0.5, 0.6) is 0 Å². The maximum Gasteiger partial charge on any atom is 0.245 e. The van der Waals surface area contributed by atoms with E-state index in [1.165, 1.54) is 0 Å². The molecule has 0 heterocycles. The average Bonchev–Trinajstić information content (AvgIpc) is 2.82. The average molecular weight is 478 g/mol. The summed E-state index contributed by atoms with van der Waals surface area (Å²) in [6, 6.07) is -0.348. The molecule has 4 N–H and O–H groups in total. The van der Waals surface area contributed by atoms with Crippen LogP contribution in [0.15, 0.2) is 0 Å². The Labute approximate surface area is 197 Å². The summed E-state index contributed by atoms with van der Waals surface area (Å²) in [4.78, 5) is 34.8. The fourth-order valence-corrected chi connectivity index (χ4v) is 2.74. The first kappa shape index (κ1) is 31.5. The molecule has 0 saturated heterocycles. The SMILES string of the molecule is CNCCOCCOCC(=O)CCCOCCOCC(=O)NCCCC[C@H](NC)C(=O)CO. The number of carbonyl (C=O) groups excluding carboxylic acids is 3. The summed E-state index contributed by atoms with van der Waals surface area (Å²) >= 11 is 0. The summed E-state index contributed by atoms with van der Waals surface area (Å²) in [6.45, 7) is 3.46. The third-order valence-electron chi connectivity index (χ3n) is 4.62. The van der Waals surface area contributed by atoms with Crippen molar-refractivity contribution in [2.45, 2.75) is 38.1 Å². The Hall–Kier alpha value is -1.47. The van der Waals surface area contributed by atoms with Gasteiger partial charge < -0.3 is 40.0 Å². The molecular formula is C22H43N3O8. The number of carbonyl (C=O) groups is 3. The summed E-state index contributed by atoms with van der Waals surface area (Å²) in [5.74, 6) is -0.400. The lowest BCUT2D eigenvalue weighted by molar-refractivity contribution is -0.127. The van der Waals surface area contributed by atoms with Gasteiger partial charge in [-0.15, -0.1) is 0 Å². The van der Waals surface area contributed by atoms with Crippen LogP contribution in [0, 0.1) is 0 Å². The minimum atomic E-state index is -0.468. The lowest BCUT2D eigenvalue weighted by Gasteiger charge is -2.13. The molecule has 1 amide bonds. The minimum Gasteiger partial charge on any atom is -0.389 e. The minimum absolute atomic E-state index is 0.0308. The Morgan fingerprint density at radius 3 is 2.12 bits per heavy atom. The molecule has 1 atom stereocenters. The molecule has 0 aromatic carbocycles. The van der Waals surface area contributed by atoms with E-state index in [1.54, 1.807) is 7.05 Å². The first-order valence-corrected chi connectivity index (χ1v) is 11.6. The number of nitrogens with one attached hydrogen (secondary N) is 3. The lowest BCUT2D eigenvalue weighted by Crippen LogP contribution is -2.36. The topological polar surface area (TPSA) is 144 Å². The van der Waals surface area contributed by atoms with Crippen LogP contribution in [0.1, 0.15) is 32.1 Å². The van der Waals surface area contributed by atoms with Crippen molar-refractivity contribution in [3.8, 4) is 0 Å². The highest BCUT2D eigenvalue weighted by atomic mass is 16.5. The Morgan fingerprint density at radius 2 is 1.45 bits per heavy atom. The zero-order valence-electron chi connectivity index (χ0n) is 20.2. The van der Waals surface area contributed by atoms with Crippen LogP contribution in [0.3, 0.4) is 0 Å². The van der Waals surface area contributed by atoms with Gasteiger partial charge in [0.05, 0.1) is 39.1 Å². The molecule has 0 aliphatic carbocycles. The smallest absolute Gasteiger partial charge is 0.245 e. The van der Waals surface area contributed by atoms with Gasteiger partial charge in [0, 0.05) is 26.1 Å². The second-order valence-corrected chi connectivity index (χ2v) is 7.39. The number of hydrogen-bond acceptors (Lipinski definition) is 10. The quantitative estimate of drug-likeness (QED) is 0.122. The van der Waals surface area contributed by atoms with E-state index < -0.39 is 6.61 Å². The predicted molar refractivity (Wildman–Crippen MR) is 123 cm³/mol. The van der Waals surface area contributed by atoms with Crippen molar-refractivity contribution in [2.24, 2.45) is 0 Å². The predicted octanol–water partition coefficient (Wildman–Crippen LogP) is -0.943. The van der Waals surface area contributed by atoms with E-state index in [2.05, 4.69) is 16.0 Å². The molecular weight excluding hydrogens is 434 g/mol. The number of aliphatic hydroxyl groups is 1. The number of unbranched alkanes of at least 4 members (excludes halogenated alkanes) is 1. The van der Waals surface area contributed by atoms with Crippen LogP contribution in [0.2, 0.25) is 0 Å². The number of hydrogen-bond donors (Lipinski definition) is 4. The molecule has 0 aliphatic rings. The van der Waals surface area contributed by atoms with Crippen LogP contribution in [0.4, 0.5) is 0 Å². The maximum atomic E-state index is 11.7. The van der Waals surface area contributed by atoms with Gasteiger partial charge in [0.25, 0.3) is 0 Å². The Morgan fingerprint density at radius 1 is 0.788 bits per heavy atom. The van der Waals surface area contributed by atoms with Gasteiger partial charge in [-0.3, -0.25) is 14.4 Å². The standard InChI is InChI=1S/C22H43N3O8/c1-23-9-11-31-13-14-32-17-19(27)6-5-10-30-12-15-33-18-22(29)25-8-4-3-7-20(24-2)21(28)16-26/h20,23-24,26H,3-18H2,1-2H3,(H,25,29)/t20-/m0/s1. The van der Waals surface area contributed by atoms with E-state index in [1.807, 2.05) is 7.05 Å². The van der Waals surface area contributed by atoms with E-state index in [0.29, 0.717) is 65.4 Å². The zero-order valence-corrected chi connectivity index (χ0v) is 20.2. The van der Waals surface area contributed by atoms with Crippen molar-refractivity contribution in [3.63, 3.8) is 0 Å². The van der Waals surface area contributed by atoms with Crippen LogP contribution >= 0.6 is 0 Å². The van der Waals surface area contributed by atoms with Crippen molar-refractivity contribution >= 4 is 17.5 Å². The van der Waals surface area contributed by atoms with E-state index in [0.717, 1.165) is 19.4 Å². The summed E-state index contributed by atoms with van der Waals surface area (Å²) in [5, 5.41) is 17.5. The summed E-state index contributed by atoms with van der Waals surface area (Å²) < 4.78 is 21.2. The Kier molecular flexibility index (Phi) is 22.6. The van der Waals surface area contributed by atoms with Crippen molar-refractivity contribution in [2.75, 3.05) is 86.6 Å². The Balaban J connectivity index is 3.41. The highest BCUT2D eigenvalue weighted by molar-refractivity contribution is 5.84. The highest BCUT2D eigenvalue weighted by Crippen LogP contribution is 2.01. The fraction of sp³-hybridized carbons (Fsp3) is 0.864. The zero-order chi connectivity index (χ0) is 24.6. The first-order chi connectivity index (χ1) is 16.0. The van der Waals surface area contributed by atoms with E-state index in [-0.39, 0.29) is 36.7 Å². The number of Topliss-reactive ketones (excluding diaryl/α,β-unsaturated/α-hetero) is 2. The molecule has 0 bridgehead atoms. The van der Waals surface area contributed by atoms with Gasteiger partial charge in [-0.05, 0) is 39.8 Å². The number of ether oxygens (including phenoxy) is 4. The van der Waals surface area contributed by atoms with Gasteiger partial charge in [-0.25, -0.2) is 0 Å². The molecule has 0 unspecified atom stereocenters. The molecule has 0 radical (unpaired) electrons. The van der Waals surface area contributed by atoms with Crippen molar-refractivity contribution in [1.29, 1.82) is 0 Å². The maximum absolute atomic E-state index is 11.7. The summed E-state index contributed by atoms with van der Waals surface area (Å²) in [7, 11) is 3.54. The molecule has 0 fully saturated rings. The molecule has 0 spiro atoms. The van der Waals surface area contributed by atoms with E-state index in [9.17, 15) is 14.4 Å². The van der Waals surface area contributed by atoms with Crippen molar-refractivity contribution in [1.82, 2.24) is 16.0 Å². The monoisotopic (exact) mass is 477 g/mol. The highest BCUT2D eigenvalue weighted by Gasteiger charge is 2.14. The van der Waals surface area contributed by atoms with Crippen LogP contribution in [-0.4, -0.2) is 115 Å².